The standard InChI is InChI=1S/C26H28N4O2/c1-16-9-20-13-30(14-21(20)10-16)26(31)29-7-8-32-25-6-4-18(11-22(25)15-29)19-3-5-23-24(12-19)28-17(2)27-23/h3-6,9,11-12,20-21H,7-8,10,13-15H2,1-2H3,(H,27,28). The van der Waals surface area contributed by atoms with Gasteiger partial charge in [0.25, 0.3) is 0 Å². The fourth-order valence-corrected chi connectivity index (χ4v) is 5.56. The number of hydrogen-bond donors (Lipinski definition) is 1. The number of fused-ring (bicyclic) bond motifs is 3. The summed E-state index contributed by atoms with van der Waals surface area (Å²) in [6.45, 7) is 7.60. The van der Waals surface area contributed by atoms with Gasteiger partial charge in [0.15, 0.2) is 0 Å². The maximum Gasteiger partial charge on any atom is 0.320 e. The smallest absolute Gasteiger partial charge is 0.320 e. The van der Waals surface area contributed by atoms with Crippen LogP contribution in [0, 0.1) is 18.8 Å². The number of urea groups is 1. The normalized spacial score (nSPS) is 22.4. The van der Waals surface area contributed by atoms with E-state index in [9.17, 15) is 4.79 Å². The second-order valence-electron chi connectivity index (χ2n) is 9.48. The lowest BCUT2D eigenvalue weighted by molar-refractivity contribution is 0.152. The lowest BCUT2D eigenvalue weighted by Gasteiger charge is -2.27. The molecule has 1 saturated heterocycles. The third-order valence-corrected chi connectivity index (χ3v) is 7.09. The summed E-state index contributed by atoms with van der Waals surface area (Å²) in [7, 11) is 0. The van der Waals surface area contributed by atoms with Gasteiger partial charge in [0.05, 0.1) is 24.1 Å². The quantitative estimate of drug-likeness (QED) is 0.569. The van der Waals surface area contributed by atoms with E-state index in [4.69, 9.17) is 4.74 Å². The maximum absolute atomic E-state index is 13.3. The van der Waals surface area contributed by atoms with E-state index in [0.29, 0.717) is 31.5 Å². The van der Waals surface area contributed by atoms with Crippen molar-refractivity contribution in [1.82, 2.24) is 19.8 Å². The zero-order valence-corrected chi connectivity index (χ0v) is 18.6. The number of aryl methyl sites for hydroxylation is 1. The summed E-state index contributed by atoms with van der Waals surface area (Å²) in [5, 5.41) is 0. The number of amides is 2. The van der Waals surface area contributed by atoms with E-state index in [0.717, 1.165) is 58.8 Å². The van der Waals surface area contributed by atoms with Crippen molar-refractivity contribution in [3.8, 4) is 16.9 Å². The van der Waals surface area contributed by atoms with Crippen molar-refractivity contribution in [2.45, 2.75) is 26.8 Å². The number of aromatic nitrogens is 2. The Balaban J connectivity index is 1.25. The van der Waals surface area contributed by atoms with E-state index in [-0.39, 0.29) is 6.03 Å². The number of rotatable bonds is 1. The van der Waals surface area contributed by atoms with Gasteiger partial charge >= 0.3 is 6.03 Å². The summed E-state index contributed by atoms with van der Waals surface area (Å²) in [6, 6.07) is 12.7. The number of H-pyrrole nitrogens is 1. The Kier molecular flexibility index (Phi) is 4.49. The van der Waals surface area contributed by atoms with Crippen LogP contribution >= 0.6 is 0 Å². The Hall–Kier alpha value is -3.28. The molecule has 164 valence electrons. The van der Waals surface area contributed by atoms with Crippen molar-refractivity contribution in [2.24, 2.45) is 11.8 Å². The maximum atomic E-state index is 13.3. The molecule has 2 aliphatic heterocycles. The number of ether oxygens (including phenoxy) is 1. The average Bonchev–Trinajstić information content (AvgIpc) is 3.38. The molecular formula is C26H28N4O2. The van der Waals surface area contributed by atoms with E-state index in [1.54, 1.807) is 0 Å². The first-order chi connectivity index (χ1) is 15.5. The molecule has 6 rings (SSSR count). The van der Waals surface area contributed by atoms with Gasteiger partial charge in [0.2, 0.25) is 0 Å². The minimum absolute atomic E-state index is 0.140. The highest BCUT2D eigenvalue weighted by molar-refractivity contribution is 5.82. The summed E-state index contributed by atoms with van der Waals surface area (Å²) in [5.74, 6) is 2.92. The minimum atomic E-state index is 0.140. The molecule has 2 aromatic carbocycles. The summed E-state index contributed by atoms with van der Waals surface area (Å²) < 4.78 is 6.01. The number of aromatic amines is 1. The van der Waals surface area contributed by atoms with Crippen LogP contribution in [-0.4, -0.2) is 52.0 Å². The summed E-state index contributed by atoms with van der Waals surface area (Å²) in [5.41, 5.74) is 6.78. The lowest BCUT2D eigenvalue weighted by Crippen LogP contribution is -2.43. The first-order valence-corrected chi connectivity index (χ1v) is 11.5. The van der Waals surface area contributed by atoms with E-state index >= 15 is 0 Å². The van der Waals surface area contributed by atoms with Crippen LogP contribution in [0.25, 0.3) is 22.2 Å². The molecule has 32 heavy (non-hydrogen) atoms. The molecular weight excluding hydrogens is 400 g/mol. The van der Waals surface area contributed by atoms with Crippen molar-refractivity contribution in [2.75, 3.05) is 26.2 Å². The Labute approximate surface area is 187 Å². The molecule has 0 spiro atoms. The summed E-state index contributed by atoms with van der Waals surface area (Å²) >= 11 is 0. The first kappa shape index (κ1) is 19.4. The highest BCUT2D eigenvalue weighted by Crippen LogP contribution is 2.37. The Bertz CT molecular complexity index is 1240. The molecule has 2 unspecified atom stereocenters. The van der Waals surface area contributed by atoms with Crippen LogP contribution < -0.4 is 4.74 Å². The van der Waals surface area contributed by atoms with Crippen LogP contribution in [0.15, 0.2) is 48.0 Å². The van der Waals surface area contributed by atoms with Gasteiger partial charge in [-0.3, -0.25) is 0 Å². The molecule has 2 atom stereocenters. The van der Waals surface area contributed by atoms with Crippen molar-refractivity contribution < 1.29 is 9.53 Å². The summed E-state index contributed by atoms with van der Waals surface area (Å²) in [6.07, 6.45) is 3.49. The van der Waals surface area contributed by atoms with Crippen LogP contribution in [0.1, 0.15) is 24.7 Å². The van der Waals surface area contributed by atoms with Gasteiger partial charge in [0.1, 0.15) is 18.2 Å². The zero-order valence-electron chi connectivity index (χ0n) is 18.6. The minimum Gasteiger partial charge on any atom is -0.491 e. The van der Waals surface area contributed by atoms with E-state index in [2.05, 4.69) is 47.2 Å². The molecule has 0 radical (unpaired) electrons. The van der Waals surface area contributed by atoms with Crippen LogP contribution in [0.3, 0.4) is 0 Å². The molecule has 1 N–H and O–H groups in total. The number of nitrogens with zero attached hydrogens (tertiary/aromatic N) is 3. The van der Waals surface area contributed by atoms with Crippen molar-refractivity contribution >= 4 is 17.1 Å². The number of carbonyl (C=O) groups is 1. The topological polar surface area (TPSA) is 61.5 Å². The lowest BCUT2D eigenvalue weighted by atomic mass is 10.00. The predicted molar refractivity (Wildman–Crippen MR) is 124 cm³/mol. The second-order valence-corrected chi connectivity index (χ2v) is 9.48. The SMILES string of the molecule is CC1=CC2CN(C(=O)N3CCOc4ccc(-c5ccc6nc(C)[nH]c6c5)cc4C3)CC2C1. The highest BCUT2D eigenvalue weighted by Gasteiger charge is 2.38. The van der Waals surface area contributed by atoms with Crippen molar-refractivity contribution in [1.29, 1.82) is 0 Å². The van der Waals surface area contributed by atoms with Crippen LogP contribution in [0.4, 0.5) is 4.79 Å². The zero-order chi connectivity index (χ0) is 21.8. The van der Waals surface area contributed by atoms with Gasteiger partial charge < -0.3 is 19.5 Å². The molecule has 2 amide bonds. The molecule has 6 heteroatoms. The number of nitrogens with one attached hydrogen (secondary N) is 1. The second kappa shape index (κ2) is 7.40. The van der Waals surface area contributed by atoms with Gasteiger partial charge in [-0.15, -0.1) is 0 Å². The average molecular weight is 429 g/mol. The molecule has 0 bridgehead atoms. The monoisotopic (exact) mass is 428 g/mol. The van der Waals surface area contributed by atoms with Crippen molar-refractivity contribution in [3.05, 3.63) is 59.4 Å². The molecule has 3 aromatic rings. The molecule has 1 aromatic heterocycles. The van der Waals surface area contributed by atoms with Gasteiger partial charge in [0, 0.05) is 18.7 Å². The number of benzene rings is 2. The number of likely N-dealkylation sites (tertiary alicyclic amines) is 1. The third kappa shape index (κ3) is 3.34. The van der Waals surface area contributed by atoms with Gasteiger partial charge in [-0.2, -0.15) is 0 Å². The molecule has 3 heterocycles. The third-order valence-electron chi connectivity index (χ3n) is 7.09. The van der Waals surface area contributed by atoms with Crippen LogP contribution in [0.2, 0.25) is 0 Å². The highest BCUT2D eigenvalue weighted by atomic mass is 16.5. The largest absolute Gasteiger partial charge is 0.491 e. The molecule has 1 aliphatic carbocycles. The number of imidazole rings is 1. The molecule has 1 fully saturated rings. The fourth-order valence-electron chi connectivity index (χ4n) is 5.56. The Morgan fingerprint density at radius 3 is 2.81 bits per heavy atom. The Morgan fingerprint density at radius 1 is 1.09 bits per heavy atom. The van der Waals surface area contributed by atoms with E-state index in [1.807, 2.05) is 28.9 Å². The fraction of sp³-hybridized carbons (Fsp3) is 0.385. The predicted octanol–water partition coefficient (Wildman–Crippen LogP) is 4.75. The van der Waals surface area contributed by atoms with E-state index in [1.165, 1.54) is 5.57 Å². The van der Waals surface area contributed by atoms with Crippen LogP contribution in [-0.2, 0) is 6.54 Å². The Morgan fingerprint density at radius 2 is 1.94 bits per heavy atom. The first-order valence-electron chi connectivity index (χ1n) is 11.5. The number of allylic oxidation sites excluding steroid dienone is 1. The van der Waals surface area contributed by atoms with Crippen molar-refractivity contribution in [3.63, 3.8) is 0 Å². The van der Waals surface area contributed by atoms with Gasteiger partial charge in [-0.05, 0) is 67.5 Å². The molecule has 6 nitrogen and oxygen atoms in total. The number of carbonyl (C=O) groups excluding carboxylic acids is 1. The number of hydrogen-bond acceptors (Lipinski definition) is 3. The summed E-state index contributed by atoms with van der Waals surface area (Å²) in [4.78, 5) is 25.2. The van der Waals surface area contributed by atoms with Crippen LogP contribution in [0.5, 0.6) is 5.75 Å². The molecule has 0 saturated carbocycles. The van der Waals surface area contributed by atoms with E-state index < -0.39 is 0 Å². The van der Waals surface area contributed by atoms with Gasteiger partial charge in [-0.1, -0.05) is 23.8 Å². The van der Waals surface area contributed by atoms with Gasteiger partial charge in [-0.25, -0.2) is 9.78 Å². The molecule has 3 aliphatic rings.